The van der Waals surface area contributed by atoms with E-state index >= 15 is 0 Å². The van der Waals surface area contributed by atoms with Crippen molar-refractivity contribution in [2.24, 2.45) is 0 Å². The Morgan fingerprint density at radius 1 is 1.03 bits per heavy atom. The molecule has 0 aliphatic carbocycles. The zero-order chi connectivity index (χ0) is 24.9. The molecule has 1 atom stereocenters. The van der Waals surface area contributed by atoms with Crippen LogP contribution < -0.4 is 0 Å². The van der Waals surface area contributed by atoms with Crippen LogP contribution in [0.5, 0.6) is 0 Å². The van der Waals surface area contributed by atoms with E-state index in [0.717, 1.165) is 0 Å². The Balaban J connectivity index is 2.05. The molecule has 2 aromatic rings. The number of carbonyl (C=O) groups is 2. The number of Topliss-reactive ketones (excluding diaryl/α,β-unsaturated/α-hetero) is 1. The molecular weight excluding hydrogens is 456 g/mol. The first-order chi connectivity index (χ1) is 16.3. The molecule has 1 aliphatic heterocycles. The van der Waals surface area contributed by atoms with Crippen LogP contribution in [0.4, 0.5) is 0 Å². The summed E-state index contributed by atoms with van der Waals surface area (Å²) in [4.78, 5) is 27.4. The Morgan fingerprint density at radius 3 is 2.21 bits per heavy atom. The summed E-state index contributed by atoms with van der Waals surface area (Å²) in [6, 6.07) is 14.0. The SMILES string of the molecule is CCN(CC)S(=O)(=O)c1ccc(C(O)=C2C(=O)C(=O)N(CCCOC)[C@@H]2c2ccccc2)cc1. The van der Waals surface area contributed by atoms with E-state index < -0.39 is 27.8 Å². The third kappa shape index (κ3) is 4.91. The Bertz CT molecular complexity index is 1160. The summed E-state index contributed by atoms with van der Waals surface area (Å²) in [5.74, 6) is -1.80. The first-order valence-corrected chi connectivity index (χ1v) is 12.6. The Labute approximate surface area is 200 Å². The second kappa shape index (κ2) is 10.9. The van der Waals surface area contributed by atoms with Gasteiger partial charge in [0.2, 0.25) is 10.0 Å². The van der Waals surface area contributed by atoms with E-state index in [-0.39, 0.29) is 28.3 Å². The highest BCUT2D eigenvalue weighted by atomic mass is 32.2. The summed E-state index contributed by atoms with van der Waals surface area (Å²) in [5, 5.41) is 11.1. The molecule has 34 heavy (non-hydrogen) atoms. The third-order valence-corrected chi connectivity index (χ3v) is 7.94. The number of hydrogen-bond acceptors (Lipinski definition) is 6. The molecule has 1 aliphatic rings. The molecule has 0 aromatic heterocycles. The number of carbonyl (C=O) groups excluding carboxylic acids is 2. The van der Waals surface area contributed by atoms with Crippen molar-refractivity contribution in [3.05, 3.63) is 71.3 Å². The standard InChI is InChI=1S/C25H30N2O6S/c1-4-26(5-2)34(31,32)20-14-12-19(13-15-20)23(28)21-22(18-10-7-6-8-11-18)27(16-9-17-33-3)25(30)24(21)29/h6-8,10-15,22,28H,4-5,9,16-17H2,1-3H3/t22-/m1/s1. The number of aliphatic hydroxyl groups excluding tert-OH is 1. The quantitative estimate of drug-likeness (QED) is 0.239. The lowest BCUT2D eigenvalue weighted by Gasteiger charge is -2.25. The van der Waals surface area contributed by atoms with Crippen molar-refractivity contribution in [2.75, 3.05) is 33.4 Å². The smallest absolute Gasteiger partial charge is 0.295 e. The molecule has 1 heterocycles. The minimum Gasteiger partial charge on any atom is -0.507 e. The molecule has 3 rings (SSSR count). The summed E-state index contributed by atoms with van der Waals surface area (Å²) in [6.07, 6.45) is 0.533. The van der Waals surface area contributed by atoms with Crippen LogP contribution in [0.1, 0.15) is 37.4 Å². The Kier molecular flexibility index (Phi) is 8.24. The number of amides is 1. The molecule has 8 nitrogen and oxygen atoms in total. The molecule has 0 unspecified atom stereocenters. The molecule has 0 bridgehead atoms. The van der Waals surface area contributed by atoms with Crippen LogP contribution in [0.15, 0.2) is 65.1 Å². The van der Waals surface area contributed by atoms with Gasteiger partial charge in [0, 0.05) is 38.9 Å². The van der Waals surface area contributed by atoms with E-state index in [9.17, 15) is 23.1 Å². The number of nitrogens with zero attached hydrogens (tertiary/aromatic N) is 2. The van der Waals surface area contributed by atoms with Crippen LogP contribution >= 0.6 is 0 Å². The van der Waals surface area contributed by atoms with Crippen LogP contribution in [0.25, 0.3) is 5.76 Å². The molecule has 2 aromatic carbocycles. The van der Waals surface area contributed by atoms with Gasteiger partial charge in [-0.1, -0.05) is 44.2 Å². The number of hydrogen-bond donors (Lipinski definition) is 1. The zero-order valence-corrected chi connectivity index (χ0v) is 20.4. The van der Waals surface area contributed by atoms with Crippen molar-refractivity contribution in [1.82, 2.24) is 9.21 Å². The average Bonchev–Trinajstić information content (AvgIpc) is 3.10. The molecule has 182 valence electrons. The summed E-state index contributed by atoms with van der Waals surface area (Å²) < 4.78 is 32.0. The van der Waals surface area contributed by atoms with Gasteiger partial charge in [0.05, 0.1) is 16.5 Å². The van der Waals surface area contributed by atoms with Gasteiger partial charge in [-0.15, -0.1) is 0 Å². The fourth-order valence-corrected chi connectivity index (χ4v) is 5.58. The van der Waals surface area contributed by atoms with Crippen LogP contribution in [0, 0.1) is 0 Å². The molecule has 0 spiro atoms. The highest BCUT2D eigenvalue weighted by Gasteiger charge is 2.45. The Morgan fingerprint density at radius 2 is 1.65 bits per heavy atom. The fraction of sp³-hybridized carbons (Fsp3) is 0.360. The van der Waals surface area contributed by atoms with Gasteiger partial charge in [-0.25, -0.2) is 8.42 Å². The van der Waals surface area contributed by atoms with Gasteiger partial charge in [0.1, 0.15) is 5.76 Å². The largest absolute Gasteiger partial charge is 0.507 e. The molecule has 1 amide bonds. The van der Waals surface area contributed by atoms with E-state index in [4.69, 9.17) is 4.74 Å². The summed E-state index contributed by atoms with van der Waals surface area (Å²) in [5.41, 5.74) is 0.934. The average molecular weight is 487 g/mol. The minimum atomic E-state index is -3.66. The van der Waals surface area contributed by atoms with Crippen LogP contribution in [0.3, 0.4) is 0 Å². The maximum absolute atomic E-state index is 13.0. The second-order valence-corrected chi connectivity index (χ2v) is 9.80. The van der Waals surface area contributed by atoms with Crippen molar-refractivity contribution >= 4 is 27.5 Å². The number of rotatable bonds is 10. The van der Waals surface area contributed by atoms with E-state index in [1.807, 2.05) is 6.07 Å². The van der Waals surface area contributed by atoms with Crippen molar-refractivity contribution in [1.29, 1.82) is 0 Å². The maximum Gasteiger partial charge on any atom is 0.295 e. The van der Waals surface area contributed by atoms with Gasteiger partial charge in [-0.05, 0) is 36.2 Å². The number of methoxy groups -OCH3 is 1. The van der Waals surface area contributed by atoms with E-state index in [1.54, 1.807) is 45.2 Å². The van der Waals surface area contributed by atoms with Crippen molar-refractivity contribution in [3.63, 3.8) is 0 Å². The number of ether oxygens (including phenoxy) is 1. The number of sulfonamides is 1. The van der Waals surface area contributed by atoms with Gasteiger partial charge in [-0.2, -0.15) is 4.31 Å². The molecule has 0 saturated carbocycles. The predicted molar refractivity (Wildman–Crippen MR) is 128 cm³/mol. The molecule has 1 fully saturated rings. The lowest BCUT2D eigenvalue weighted by molar-refractivity contribution is -0.140. The summed E-state index contributed by atoms with van der Waals surface area (Å²) in [7, 11) is -2.10. The van der Waals surface area contributed by atoms with E-state index in [0.29, 0.717) is 31.7 Å². The monoisotopic (exact) mass is 486 g/mol. The molecular formula is C25H30N2O6S. The molecule has 1 saturated heterocycles. The number of aliphatic hydroxyl groups is 1. The van der Waals surface area contributed by atoms with Gasteiger partial charge >= 0.3 is 0 Å². The lowest BCUT2D eigenvalue weighted by Crippen LogP contribution is -2.31. The zero-order valence-electron chi connectivity index (χ0n) is 19.6. The fourth-order valence-electron chi connectivity index (χ4n) is 4.12. The summed E-state index contributed by atoms with van der Waals surface area (Å²) >= 11 is 0. The molecule has 1 N–H and O–H groups in total. The van der Waals surface area contributed by atoms with E-state index in [2.05, 4.69) is 0 Å². The van der Waals surface area contributed by atoms with E-state index in [1.165, 1.54) is 33.5 Å². The first-order valence-electron chi connectivity index (χ1n) is 11.2. The van der Waals surface area contributed by atoms with Crippen LogP contribution in [0.2, 0.25) is 0 Å². The van der Waals surface area contributed by atoms with Gasteiger partial charge in [0.15, 0.2) is 0 Å². The van der Waals surface area contributed by atoms with Crippen LogP contribution in [-0.2, 0) is 24.3 Å². The number of benzene rings is 2. The lowest BCUT2D eigenvalue weighted by atomic mass is 9.95. The van der Waals surface area contributed by atoms with Gasteiger partial charge in [-0.3, -0.25) is 9.59 Å². The van der Waals surface area contributed by atoms with Crippen molar-refractivity contribution in [3.8, 4) is 0 Å². The highest BCUT2D eigenvalue weighted by molar-refractivity contribution is 7.89. The van der Waals surface area contributed by atoms with Crippen LogP contribution in [-0.4, -0.2) is 67.8 Å². The minimum absolute atomic E-state index is 0.0204. The number of ketones is 1. The van der Waals surface area contributed by atoms with Crippen molar-refractivity contribution in [2.45, 2.75) is 31.2 Å². The topological polar surface area (TPSA) is 104 Å². The second-order valence-electron chi connectivity index (χ2n) is 7.86. The normalized spacial score (nSPS) is 18.1. The van der Waals surface area contributed by atoms with Crippen molar-refractivity contribution < 1.29 is 27.9 Å². The number of likely N-dealkylation sites (tertiary alicyclic amines) is 1. The predicted octanol–water partition coefficient (Wildman–Crippen LogP) is 3.18. The Hall–Kier alpha value is -3.01. The highest BCUT2D eigenvalue weighted by Crippen LogP contribution is 2.39. The molecule has 0 radical (unpaired) electrons. The molecule has 9 heteroatoms. The summed E-state index contributed by atoms with van der Waals surface area (Å²) in [6.45, 7) is 4.91. The van der Waals surface area contributed by atoms with Gasteiger partial charge < -0.3 is 14.7 Å². The van der Waals surface area contributed by atoms with Gasteiger partial charge in [0.25, 0.3) is 11.7 Å². The third-order valence-electron chi connectivity index (χ3n) is 5.87. The first kappa shape index (κ1) is 25.6. The maximum atomic E-state index is 13.0.